The fraction of sp³-hybridized carbons (Fsp3) is 0.316. The molecule has 0 saturated heterocycles. The van der Waals surface area contributed by atoms with E-state index >= 15 is 0 Å². The van der Waals surface area contributed by atoms with Gasteiger partial charge in [0.15, 0.2) is 5.11 Å². The van der Waals surface area contributed by atoms with Crippen molar-refractivity contribution in [2.75, 3.05) is 32.7 Å². The third-order valence-electron chi connectivity index (χ3n) is 3.64. The van der Waals surface area contributed by atoms with Crippen molar-refractivity contribution in [3.8, 4) is 11.5 Å². The maximum atomic E-state index is 12.0. The predicted octanol–water partition coefficient (Wildman–Crippen LogP) is 2.86. The number of thiocarbonyl (C=S) groups is 1. The van der Waals surface area contributed by atoms with Gasteiger partial charge in [0.2, 0.25) is 0 Å². The fourth-order valence-electron chi connectivity index (χ4n) is 2.36. The molecule has 7 nitrogen and oxygen atoms in total. The van der Waals surface area contributed by atoms with Crippen molar-refractivity contribution in [2.45, 2.75) is 13.5 Å². The van der Waals surface area contributed by atoms with Crippen molar-refractivity contribution in [2.24, 2.45) is 0 Å². The smallest absolute Gasteiger partial charge is 0.325 e. The first-order chi connectivity index (χ1) is 13.1. The molecule has 0 aliphatic carbocycles. The van der Waals surface area contributed by atoms with Gasteiger partial charge in [0.1, 0.15) is 18.0 Å². The average molecular weight is 389 g/mol. The van der Waals surface area contributed by atoms with Crippen molar-refractivity contribution in [1.82, 2.24) is 9.88 Å². The third kappa shape index (κ3) is 6.10. The van der Waals surface area contributed by atoms with Crippen LogP contribution in [0.25, 0.3) is 0 Å². The zero-order chi connectivity index (χ0) is 19.6. The summed E-state index contributed by atoms with van der Waals surface area (Å²) in [5.74, 6) is 0.894. The highest BCUT2D eigenvalue weighted by molar-refractivity contribution is 7.80. The molecule has 8 heteroatoms. The number of carbonyl (C=O) groups excluding carboxylic acids is 1. The maximum absolute atomic E-state index is 12.0. The van der Waals surface area contributed by atoms with Crippen molar-refractivity contribution in [3.05, 3.63) is 48.3 Å². The number of carbonyl (C=O) groups is 1. The Kier molecular flexibility index (Phi) is 7.81. The Balaban J connectivity index is 2.21. The zero-order valence-electron chi connectivity index (χ0n) is 15.6. The second kappa shape index (κ2) is 10.3. The van der Waals surface area contributed by atoms with Crippen LogP contribution in [0.4, 0.5) is 5.69 Å². The summed E-state index contributed by atoms with van der Waals surface area (Å²) in [6.07, 6.45) is 1.69. The summed E-state index contributed by atoms with van der Waals surface area (Å²) in [6, 6.07) is 10.9. The average Bonchev–Trinajstić information content (AvgIpc) is 2.68. The van der Waals surface area contributed by atoms with Gasteiger partial charge in [0.05, 0.1) is 38.8 Å². The van der Waals surface area contributed by atoms with Gasteiger partial charge in [-0.3, -0.25) is 9.78 Å². The highest BCUT2D eigenvalue weighted by Crippen LogP contribution is 2.29. The molecule has 2 aromatic rings. The van der Waals surface area contributed by atoms with Gasteiger partial charge in [-0.2, -0.15) is 0 Å². The van der Waals surface area contributed by atoms with E-state index in [-0.39, 0.29) is 12.5 Å². The maximum Gasteiger partial charge on any atom is 0.325 e. The first kappa shape index (κ1) is 20.4. The second-order valence-corrected chi connectivity index (χ2v) is 5.87. The molecule has 0 saturated carbocycles. The van der Waals surface area contributed by atoms with Gasteiger partial charge in [-0.15, -0.1) is 0 Å². The molecular formula is C19H23N3O4S. The Morgan fingerprint density at radius 2 is 2.04 bits per heavy atom. The lowest BCUT2D eigenvalue weighted by Gasteiger charge is -2.25. The Bertz CT molecular complexity index is 771. The van der Waals surface area contributed by atoms with Crippen LogP contribution in [0, 0.1) is 0 Å². The van der Waals surface area contributed by atoms with Crippen LogP contribution in [-0.4, -0.2) is 48.3 Å². The molecule has 0 bridgehead atoms. The molecule has 1 aromatic heterocycles. The number of aromatic nitrogens is 1. The molecule has 0 amide bonds. The second-order valence-electron chi connectivity index (χ2n) is 5.48. The number of ether oxygens (including phenoxy) is 3. The molecule has 0 spiro atoms. The van der Waals surface area contributed by atoms with Crippen molar-refractivity contribution in [1.29, 1.82) is 0 Å². The Morgan fingerprint density at radius 1 is 1.22 bits per heavy atom. The SMILES string of the molecule is CCOC(=O)CN(Cc1ccccn1)C(=S)Nc1cc(OC)ccc1OC. The molecule has 0 radical (unpaired) electrons. The number of nitrogens with zero attached hydrogens (tertiary/aromatic N) is 2. The number of esters is 1. The van der Waals surface area contributed by atoms with Gasteiger partial charge in [-0.1, -0.05) is 6.07 Å². The lowest BCUT2D eigenvalue weighted by molar-refractivity contribution is -0.143. The Hall–Kier alpha value is -2.87. The van der Waals surface area contributed by atoms with E-state index in [1.165, 1.54) is 0 Å². The molecule has 0 aliphatic heterocycles. The predicted molar refractivity (Wildman–Crippen MR) is 107 cm³/mol. The molecular weight excluding hydrogens is 366 g/mol. The summed E-state index contributed by atoms with van der Waals surface area (Å²) in [5, 5.41) is 3.47. The molecule has 144 valence electrons. The summed E-state index contributed by atoms with van der Waals surface area (Å²) in [5.41, 5.74) is 1.42. The minimum atomic E-state index is -0.366. The number of hydrogen-bond acceptors (Lipinski definition) is 6. The van der Waals surface area contributed by atoms with Gasteiger partial charge in [0, 0.05) is 12.3 Å². The van der Waals surface area contributed by atoms with Crippen LogP contribution in [0.15, 0.2) is 42.6 Å². The normalized spacial score (nSPS) is 10.0. The van der Waals surface area contributed by atoms with Gasteiger partial charge in [-0.05, 0) is 43.4 Å². The molecule has 27 heavy (non-hydrogen) atoms. The fourth-order valence-corrected chi connectivity index (χ4v) is 2.59. The van der Waals surface area contributed by atoms with E-state index in [4.69, 9.17) is 26.4 Å². The molecule has 1 N–H and O–H groups in total. The Morgan fingerprint density at radius 3 is 2.67 bits per heavy atom. The van der Waals surface area contributed by atoms with Crippen molar-refractivity contribution < 1.29 is 19.0 Å². The van der Waals surface area contributed by atoms with Gasteiger partial charge >= 0.3 is 5.97 Å². The molecule has 1 heterocycles. The van der Waals surface area contributed by atoms with E-state index in [1.807, 2.05) is 18.2 Å². The standard InChI is InChI=1S/C19H23N3O4S/c1-4-26-18(23)13-22(12-14-7-5-6-10-20-14)19(27)21-16-11-15(24-2)8-9-17(16)25-3/h5-11H,4,12-13H2,1-3H3,(H,21,27). The topological polar surface area (TPSA) is 72.9 Å². The number of rotatable bonds is 8. The minimum absolute atomic E-state index is 0.00251. The summed E-state index contributed by atoms with van der Waals surface area (Å²) in [7, 11) is 3.15. The van der Waals surface area contributed by atoms with Gasteiger partial charge in [0.25, 0.3) is 0 Å². The van der Waals surface area contributed by atoms with Crippen LogP contribution in [-0.2, 0) is 16.1 Å². The number of benzene rings is 1. The van der Waals surface area contributed by atoms with Gasteiger partial charge in [-0.25, -0.2) is 0 Å². The lowest BCUT2D eigenvalue weighted by atomic mass is 10.2. The van der Waals surface area contributed by atoms with E-state index in [0.29, 0.717) is 35.5 Å². The third-order valence-corrected chi connectivity index (χ3v) is 4.00. The highest BCUT2D eigenvalue weighted by atomic mass is 32.1. The zero-order valence-corrected chi connectivity index (χ0v) is 16.4. The number of nitrogens with one attached hydrogen (secondary N) is 1. The van der Waals surface area contributed by atoms with E-state index in [9.17, 15) is 4.79 Å². The van der Waals surface area contributed by atoms with Crippen LogP contribution < -0.4 is 14.8 Å². The van der Waals surface area contributed by atoms with Crippen LogP contribution >= 0.6 is 12.2 Å². The molecule has 2 rings (SSSR count). The molecule has 0 fully saturated rings. The quantitative estimate of drug-likeness (QED) is 0.546. The van der Waals surface area contributed by atoms with Crippen molar-refractivity contribution >= 4 is 29.0 Å². The number of hydrogen-bond donors (Lipinski definition) is 1. The van der Waals surface area contributed by atoms with Gasteiger partial charge < -0.3 is 24.4 Å². The highest BCUT2D eigenvalue weighted by Gasteiger charge is 2.18. The Labute approximate surface area is 164 Å². The van der Waals surface area contributed by atoms with Crippen LogP contribution in [0.5, 0.6) is 11.5 Å². The van der Waals surface area contributed by atoms with Crippen molar-refractivity contribution in [3.63, 3.8) is 0 Å². The number of methoxy groups -OCH3 is 2. The summed E-state index contributed by atoms with van der Waals surface area (Å²) in [6.45, 7) is 2.43. The first-order valence-electron chi connectivity index (χ1n) is 8.40. The molecule has 1 aromatic carbocycles. The number of anilines is 1. The first-order valence-corrected chi connectivity index (χ1v) is 8.81. The summed E-state index contributed by atoms with van der Waals surface area (Å²) in [4.78, 5) is 18.0. The summed E-state index contributed by atoms with van der Waals surface area (Å²) >= 11 is 5.53. The van der Waals surface area contributed by atoms with Crippen LogP contribution in [0.3, 0.4) is 0 Å². The monoisotopic (exact) mass is 389 g/mol. The minimum Gasteiger partial charge on any atom is -0.497 e. The van der Waals surface area contributed by atoms with E-state index < -0.39 is 0 Å². The number of pyridine rings is 1. The largest absolute Gasteiger partial charge is 0.497 e. The van der Waals surface area contributed by atoms with E-state index in [0.717, 1.165) is 5.69 Å². The summed E-state index contributed by atoms with van der Waals surface area (Å²) < 4.78 is 15.7. The van der Waals surface area contributed by atoms with E-state index in [2.05, 4.69) is 10.3 Å². The molecule has 0 unspecified atom stereocenters. The molecule has 0 atom stereocenters. The van der Waals surface area contributed by atoms with Crippen LogP contribution in [0.2, 0.25) is 0 Å². The molecule has 0 aliphatic rings. The lowest BCUT2D eigenvalue weighted by Crippen LogP contribution is -2.39. The van der Waals surface area contributed by atoms with Crippen LogP contribution in [0.1, 0.15) is 12.6 Å². The van der Waals surface area contributed by atoms with E-state index in [1.54, 1.807) is 50.4 Å².